The fourth-order valence-electron chi connectivity index (χ4n) is 4.80. The highest BCUT2D eigenvalue weighted by Crippen LogP contribution is 2.36. The first kappa shape index (κ1) is 26.1. The molecule has 3 aromatic carbocycles. The lowest BCUT2D eigenvalue weighted by Crippen LogP contribution is -2.42. The Bertz CT molecular complexity index is 1290. The third-order valence-corrected chi connectivity index (χ3v) is 7.92. The summed E-state index contributed by atoms with van der Waals surface area (Å²) in [4.78, 5) is 23.5. The summed E-state index contributed by atoms with van der Waals surface area (Å²) in [6.45, 7) is 5.43. The van der Waals surface area contributed by atoms with Crippen LogP contribution in [0.1, 0.15) is 30.9 Å². The van der Waals surface area contributed by atoms with Gasteiger partial charge >= 0.3 is 0 Å². The van der Waals surface area contributed by atoms with Gasteiger partial charge in [-0.15, -0.1) is 0 Å². The topological polar surface area (TPSA) is 54.4 Å². The number of carbonyl (C=O) groups is 1. The van der Waals surface area contributed by atoms with Crippen molar-refractivity contribution in [3.05, 3.63) is 94.9 Å². The SMILES string of the molecule is CCN1CCCC1CN1C(=O)/C(=C/c2ccc(OCc3ccccc3)cc2)SC1=Nc1ccc(OC)cc1. The molecule has 1 amide bonds. The predicted molar refractivity (Wildman–Crippen MR) is 155 cm³/mol. The zero-order valence-electron chi connectivity index (χ0n) is 21.9. The zero-order valence-corrected chi connectivity index (χ0v) is 22.7. The molecular formula is C31H33N3O3S. The number of hydrogen-bond donors (Lipinski definition) is 0. The molecule has 7 heteroatoms. The minimum Gasteiger partial charge on any atom is -0.497 e. The number of ether oxygens (including phenoxy) is 2. The van der Waals surface area contributed by atoms with E-state index < -0.39 is 0 Å². The summed E-state index contributed by atoms with van der Waals surface area (Å²) in [5.74, 6) is 1.59. The van der Waals surface area contributed by atoms with Crippen molar-refractivity contribution in [2.24, 2.45) is 4.99 Å². The number of benzene rings is 3. The van der Waals surface area contributed by atoms with E-state index >= 15 is 0 Å². The summed E-state index contributed by atoms with van der Waals surface area (Å²) in [5.41, 5.74) is 2.87. The van der Waals surface area contributed by atoms with Gasteiger partial charge in [-0.2, -0.15) is 0 Å². The first-order valence-electron chi connectivity index (χ1n) is 13.1. The van der Waals surface area contributed by atoms with Crippen LogP contribution in [0.2, 0.25) is 0 Å². The Morgan fingerprint density at radius 1 is 1.00 bits per heavy atom. The van der Waals surface area contributed by atoms with Crippen LogP contribution < -0.4 is 9.47 Å². The largest absolute Gasteiger partial charge is 0.497 e. The number of methoxy groups -OCH3 is 1. The van der Waals surface area contributed by atoms with Gasteiger partial charge in [-0.3, -0.25) is 14.6 Å². The lowest BCUT2D eigenvalue weighted by atomic mass is 10.2. The third-order valence-electron chi connectivity index (χ3n) is 6.91. The summed E-state index contributed by atoms with van der Waals surface area (Å²) in [6, 6.07) is 25.9. The normalized spacial score (nSPS) is 20.0. The predicted octanol–water partition coefficient (Wildman–Crippen LogP) is 6.36. The molecule has 2 fully saturated rings. The van der Waals surface area contributed by atoms with Crippen LogP contribution in [-0.4, -0.2) is 53.7 Å². The van der Waals surface area contributed by atoms with Gasteiger partial charge in [-0.05, 0) is 91.3 Å². The molecule has 2 aliphatic heterocycles. The van der Waals surface area contributed by atoms with Gasteiger partial charge in [0.1, 0.15) is 18.1 Å². The van der Waals surface area contributed by atoms with Gasteiger partial charge in [0.25, 0.3) is 5.91 Å². The van der Waals surface area contributed by atoms with Crippen LogP contribution >= 0.6 is 11.8 Å². The maximum atomic E-state index is 13.6. The molecule has 5 rings (SSSR count). The number of thioether (sulfide) groups is 1. The molecule has 1 unspecified atom stereocenters. The molecule has 38 heavy (non-hydrogen) atoms. The average Bonchev–Trinajstić information content (AvgIpc) is 3.53. The van der Waals surface area contributed by atoms with Gasteiger partial charge in [0.2, 0.25) is 0 Å². The van der Waals surface area contributed by atoms with E-state index in [2.05, 4.69) is 11.8 Å². The van der Waals surface area contributed by atoms with Gasteiger partial charge in [0, 0.05) is 12.6 Å². The van der Waals surface area contributed by atoms with E-state index in [0.717, 1.165) is 53.0 Å². The lowest BCUT2D eigenvalue weighted by Gasteiger charge is -2.27. The summed E-state index contributed by atoms with van der Waals surface area (Å²) >= 11 is 1.44. The van der Waals surface area contributed by atoms with Crippen molar-refractivity contribution in [3.63, 3.8) is 0 Å². The molecule has 2 aliphatic rings. The Morgan fingerprint density at radius 2 is 1.74 bits per heavy atom. The second-order valence-corrected chi connectivity index (χ2v) is 10.4. The number of nitrogens with zero attached hydrogens (tertiary/aromatic N) is 3. The highest BCUT2D eigenvalue weighted by molar-refractivity contribution is 8.18. The molecule has 196 valence electrons. The summed E-state index contributed by atoms with van der Waals surface area (Å²) < 4.78 is 11.2. The number of amidine groups is 1. The zero-order chi connectivity index (χ0) is 26.3. The number of likely N-dealkylation sites (tertiary alicyclic amines) is 1. The average molecular weight is 528 g/mol. The van der Waals surface area contributed by atoms with Crippen LogP contribution in [0, 0.1) is 0 Å². The molecule has 2 heterocycles. The first-order valence-corrected chi connectivity index (χ1v) is 13.9. The minimum atomic E-state index is 0.00891. The highest BCUT2D eigenvalue weighted by atomic mass is 32.2. The van der Waals surface area contributed by atoms with E-state index in [-0.39, 0.29) is 5.91 Å². The molecule has 0 aliphatic carbocycles. The fourth-order valence-corrected chi connectivity index (χ4v) is 5.81. The van der Waals surface area contributed by atoms with Crippen LogP contribution in [-0.2, 0) is 11.4 Å². The monoisotopic (exact) mass is 527 g/mol. The Hall–Kier alpha value is -3.55. The summed E-state index contributed by atoms with van der Waals surface area (Å²) in [5, 5.41) is 0.720. The third kappa shape index (κ3) is 6.29. The van der Waals surface area contributed by atoms with Gasteiger partial charge in [-0.25, -0.2) is 4.99 Å². The highest BCUT2D eigenvalue weighted by Gasteiger charge is 2.37. The number of carbonyl (C=O) groups excluding carboxylic acids is 1. The summed E-state index contributed by atoms with van der Waals surface area (Å²) in [7, 11) is 1.65. The number of amides is 1. The molecule has 6 nitrogen and oxygen atoms in total. The Kier molecular flexibility index (Phi) is 8.46. The molecule has 2 saturated heterocycles. The number of hydrogen-bond acceptors (Lipinski definition) is 6. The molecule has 0 saturated carbocycles. The van der Waals surface area contributed by atoms with Crippen LogP contribution in [0.5, 0.6) is 11.5 Å². The molecule has 0 bridgehead atoms. The number of rotatable bonds is 9. The second kappa shape index (κ2) is 12.3. The molecule has 3 aromatic rings. The maximum absolute atomic E-state index is 13.6. The van der Waals surface area contributed by atoms with E-state index in [9.17, 15) is 4.79 Å². The van der Waals surface area contributed by atoms with Gasteiger partial charge in [0.15, 0.2) is 5.17 Å². The van der Waals surface area contributed by atoms with Crippen molar-refractivity contribution in [2.45, 2.75) is 32.4 Å². The van der Waals surface area contributed by atoms with E-state index in [0.29, 0.717) is 24.1 Å². The molecule has 0 aromatic heterocycles. The fraction of sp³-hybridized carbons (Fsp3) is 0.290. The van der Waals surface area contributed by atoms with Gasteiger partial charge in [-0.1, -0.05) is 49.4 Å². The smallest absolute Gasteiger partial charge is 0.266 e. The molecule has 0 spiro atoms. The van der Waals surface area contributed by atoms with Crippen LogP contribution in [0.4, 0.5) is 5.69 Å². The molecule has 1 atom stereocenters. The van der Waals surface area contributed by atoms with Gasteiger partial charge < -0.3 is 9.47 Å². The van der Waals surface area contributed by atoms with Crippen molar-refractivity contribution >= 4 is 34.6 Å². The molecular weight excluding hydrogens is 494 g/mol. The van der Waals surface area contributed by atoms with Crippen molar-refractivity contribution in [3.8, 4) is 11.5 Å². The van der Waals surface area contributed by atoms with Crippen molar-refractivity contribution in [1.82, 2.24) is 9.80 Å². The van der Waals surface area contributed by atoms with Gasteiger partial charge in [0.05, 0.1) is 17.7 Å². The molecule has 0 N–H and O–H groups in total. The quantitative estimate of drug-likeness (QED) is 0.303. The van der Waals surface area contributed by atoms with E-state index in [4.69, 9.17) is 14.5 Å². The van der Waals surface area contributed by atoms with Crippen molar-refractivity contribution < 1.29 is 14.3 Å². The number of likely N-dealkylation sites (N-methyl/N-ethyl adjacent to an activating group) is 1. The minimum absolute atomic E-state index is 0.00891. The van der Waals surface area contributed by atoms with Crippen LogP contribution in [0.25, 0.3) is 6.08 Å². The van der Waals surface area contributed by atoms with E-state index in [1.807, 2.05) is 89.8 Å². The Balaban J connectivity index is 1.34. The van der Waals surface area contributed by atoms with Crippen LogP contribution in [0.3, 0.4) is 0 Å². The second-order valence-electron chi connectivity index (χ2n) is 9.39. The maximum Gasteiger partial charge on any atom is 0.266 e. The first-order chi connectivity index (χ1) is 18.6. The van der Waals surface area contributed by atoms with E-state index in [1.54, 1.807) is 7.11 Å². The summed E-state index contributed by atoms with van der Waals surface area (Å²) in [6.07, 6.45) is 4.21. The van der Waals surface area contributed by atoms with Crippen molar-refractivity contribution in [2.75, 3.05) is 26.7 Å². The van der Waals surface area contributed by atoms with E-state index in [1.165, 1.54) is 18.2 Å². The Morgan fingerprint density at radius 3 is 2.45 bits per heavy atom. The lowest BCUT2D eigenvalue weighted by molar-refractivity contribution is -0.122. The van der Waals surface area contributed by atoms with Crippen LogP contribution in [0.15, 0.2) is 88.8 Å². The molecule has 0 radical (unpaired) electrons. The Labute approximate surface area is 229 Å². The standard InChI is InChI=1S/C31H33N3O3S/c1-3-33-19-7-10-26(33)21-34-30(35)29(38-31(34)32-25-13-17-27(36-2)18-14-25)20-23-11-15-28(16-12-23)37-22-24-8-5-4-6-9-24/h4-6,8-9,11-18,20,26H,3,7,10,19,21-22H2,1-2H3/b29-20-,32-31?. The van der Waals surface area contributed by atoms with Crippen molar-refractivity contribution in [1.29, 1.82) is 0 Å². The number of aliphatic imine (C=N–C) groups is 1.